The molecule has 6 heteroatoms. The molecule has 4 rings (SSSR count). The average molecular weight is 352 g/mol. The highest BCUT2D eigenvalue weighted by Gasteiger charge is 2.14. The van der Waals surface area contributed by atoms with Gasteiger partial charge in [-0.05, 0) is 60.0 Å². The van der Waals surface area contributed by atoms with E-state index in [1.54, 1.807) is 18.4 Å². The summed E-state index contributed by atoms with van der Waals surface area (Å²) >= 11 is 1.61. The SMILES string of the molecule is COc1ccc(Oc2ccc(NC3=Nc4sccc4CO3)cc2)cc1. The van der Waals surface area contributed by atoms with E-state index in [-0.39, 0.29) is 0 Å². The maximum Gasteiger partial charge on any atom is 0.295 e. The van der Waals surface area contributed by atoms with Crippen LogP contribution in [0.15, 0.2) is 65.0 Å². The van der Waals surface area contributed by atoms with Gasteiger partial charge in [-0.15, -0.1) is 11.3 Å². The molecule has 0 bridgehead atoms. The zero-order valence-corrected chi connectivity index (χ0v) is 14.4. The molecule has 0 fully saturated rings. The molecule has 0 amide bonds. The summed E-state index contributed by atoms with van der Waals surface area (Å²) in [5.41, 5.74) is 2.01. The van der Waals surface area contributed by atoms with Gasteiger partial charge in [0.15, 0.2) is 0 Å². The first kappa shape index (κ1) is 15.5. The number of nitrogens with one attached hydrogen (secondary N) is 1. The number of amidine groups is 1. The summed E-state index contributed by atoms with van der Waals surface area (Å²) in [6.07, 6.45) is 0. The van der Waals surface area contributed by atoms with E-state index in [0.29, 0.717) is 12.6 Å². The Morgan fingerprint density at radius 2 is 1.64 bits per heavy atom. The molecule has 0 saturated heterocycles. The third kappa shape index (κ3) is 3.59. The first-order valence-electron chi connectivity index (χ1n) is 7.77. The van der Waals surface area contributed by atoms with Gasteiger partial charge in [-0.3, -0.25) is 0 Å². The van der Waals surface area contributed by atoms with Crippen molar-refractivity contribution in [3.8, 4) is 17.2 Å². The normalized spacial score (nSPS) is 12.6. The molecule has 5 nitrogen and oxygen atoms in total. The number of hydrogen-bond acceptors (Lipinski definition) is 6. The second-order valence-electron chi connectivity index (χ2n) is 5.38. The van der Waals surface area contributed by atoms with Crippen LogP contribution >= 0.6 is 11.3 Å². The van der Waals surface area contributed by atoms with Crippen molar-refractivity contribution >= 4 is 28.0 Å². The number of benzene rings is 2. The smallest absolute Gasteiger partial charge is 0.295 e. The highest BCUT2D eigenvalue weighted by molar-refractivity contribution is 7.14. The fourth-order valence-corrected chi connectivity index (χ4v) is 3.16. The first-order chi connectivity index (χ1) is 12.3. The van der Waals surface area contributed by atoms with Crippen LogP contribution in [0, 0.1) is 0 Å². The molecule has 2 heterocycles. The zero-order valence-electron chi connectivity index (χ0n) is 13.6. The Bertz CT molecular complexity index is 886. The molecule has 0 unspecified atom stereocenters. The van der Waals surface area contributed by atoms with Crippen LogP contribution in [-0.2, 0) is 11.3 Å². The Kier molecular flexibility index (Phi) is 4.26. The molecule has 0 atom stereocenters. The van der Waals surface area contributed by atoms with Crippen LogP contribution in [0.25, 0.3) is 0 Å². The quantitative estimate of drug-likeness (QED) is 0.703. The Morgan fingerprint density at radius 3 is 2.36 bits per heavy atom. The number of nitrogens with zero attached hydrogens (tertiary/aromatic N) is 1. The van der Waals surface area contributed by atoms with E-state index >= 15 is 0 Å². The van der Waals surface area contributed by atoms with Crippen LogP contribution in [-0.4, -0.2) is 13.1 Å². The van der Waals surface area contributed by atoms with Crippen LogP contribution in [0.1, 0.15) is 5.56 Å². The summed E-state index contributed by atoms with van der Waals surface area (Å²) in [4.78, 5) is 4.47. The van der Waals surface area contributed by atoms with Gasteiger partial charge in [-0.1, -0.05) is 0 Å². The Labute approximate surface area is 149 Å². The standard InChI is InChI=1S/C19H16N2O3S/c1-22-15-6-8-17(9-7-15)24-16-4-2-14(3-5-16)20-19-21-18-13(12-23-19)10-11-25-18/h2-11H,12H2,1H3,(H,20,21). The summed E-state index contributed by atoms with van der Waals surface area (Å²) in [6, 6.07) is 17.7. The Balaban J connectivity index is 1.42. The van der Waals surface area contributed by atoms with Crippen LogP contribution in [0.3, 0.4) is 0 Å². The van der Waals surface area contributed by atoms with Crippen molar-refractivity contribution in [2.24, 2.45) is 4.99 Å². The lowest BCUT2D eigenvalue weighted by molar-refractivity contribution is 0.287. The van der Waals surface area contributed by atoms with E-state index in [4.69, 9.17) is 14.2 Å². The van der Waals surface area contributed by atoms with E-state index in [1.807, 2.05) is 60.0 Å². The number of hydrogen-bond donors (Lipinski definition) is 1. The molecular formula is C19H16N2O3S. The number of aliphatic imine (C=N–C) groups is 1. The molecule has 0 spiro atoms. The van der Waals surface area contributed by atoms with Gasteiger partial charge in [0.1, 0.15) is 28.9 Å². The van der Waals surface area contributed by atoms with Gasteiger partial charge in [0.25, 0.3) is 6.02 Å². The lowest BCUT2D eigenvalue weighted by Crippen LogP contribution is -2.18. The second-order valence-corrected chi connectivity index (χ2v) is 6.28. The monoisotopic (exact) mass is 352 g/mol. The molecule has 2 aromatic carbocycles. The molecule has 0 aliphatic carbocycles. The van der Waals surface area contributed by atoms with E-state index in [2.05, 4.69) is 10.3 Å². The van der Waals surface area contributed by atoms with Gasteiger partial charge < -0.3 is 19.5 Å². The van der Waals surface area contributed by atoms with Crippen molar-refractivity contribution in [3.63, 3.8) is 0 Å². The predicted octanol–water partition coefficient (Wildman–Crippen LogP) is 5.18. The summed E-state index contributed by atoms with van der Waals surface area (Å²) in [5, 5.41) is 6.19. The van der Waals surface area contributed by atoms with Gasteiger partial charge >= 0.3 is 0 Å². The van der Waals surface area contributed by atoms with Crippen molar-refractivity contribution in [1.29, 1.82) is 0 Å². The highest BCUT2D eigenvalue weighted by Crippen LogP contribution is 2.31. The number of ether oxygens (including phenoxy) is 3. The molecule has 1 aromatic heterocycles. The Hall–Kier alpha value is -2.99. The number of methoxy groups -OCH3 is 1. The topological polar surface area (TPSA) is 52.1 Å². The molecule has 1 N–H and O–H groups in total. The molecule has 1 aliphatic rings. The van der Waals surface area contributed by atoms with E-state index < -0.39 is 0 Å². The molecule has 126 valence electrons. The average Bonchev–Trinajstić information content (AvgIpc) is 3.12. The van der Waals surface area contributed by atoms with Crippen LogP contribution < -0.4 is 14.8 Å². The third-order valence-electron chi connectivity index (χ3n) is 3.69. The number of anilines is 1. The zero-order chi connectivity index (χ0) is 17.1. The van der Waals surface area contributed by atoms with Crippen molar-refractivity contribution in [3.05, 3.63) is 65.5 Å². The lowest BCUT2D eigenvalue weighted by atomic mass is 10.3. The van der Waals surface area contributed by atoms with Crippen molar-refractivity contribution in [2.75, 3.05) is 12.4 Å². The summed E-state index contributed by atoms with van der Waals surface area (Å²) in [6.45, 7) is 0.545. The van der Waals surface area contributed by atoms with Gasteiger partial charge in [0.2, 0.25) is 0 Å². The number of thiophene rings is 1. The maximum absolute atomic E-state index is 5.82. The molecule has 0 saturated carbocycles. The predicted molar refractivity (Wildman–Crippen MR) is 99.3 cm³/mol. The Morgan fingerprint density at radius 1 is 0.960 bits per heavy atom. The van der Waals surface area contributed by atoms with E-state index in [9.17, 15) is 0 Å². The van der Waals surface area contributed by atoms with Gasteiger partial charge in [-0.25, -0.2) is 0 Å². The van der Waals surface area contributed by atoms with Crippen molar-refractivity contribution in [2.45, 2.75) is 6.61 Å². The van der Waals surface area contributed by atoms with Crippen LogP contribution in [0.2, 0.25) is 0 Å². The second kappa shape index (κ2) is 6.86. The van der Waals surface area contributed by atoms with Crippen LogP contribution in [0.5, 0.6) is 17.2 Å². The molecule has 3 aromatic rings. The van der Waals surface area contributed by atoms with E-state index in [0.717, 1.165) is 33.5 Å². The van der Waals surface area contributed by atoms with Crippen molar-refractivity contribution < 1.29 is 14.2 Å². The third-order valence-corrected chi connectivity index (χ3v) is 4.54. The molecule has 25 heavy (non-hydrogen) atoms. The minimum absolute atomic E-state index is 0.513. The largest absolute Gasteiger partial charge is 0.497 e. The maximum atomic E-state index is 5.82. The highest BCUT2D eigenvalue weighted by atomic mass is 32.1. The molecular weight excluding hydrogens is 336 g/mol. The van der Waals surface area contributed by atoms with E-state index in [1.165, 1.54) is 0 Å². The molecule has 0 radical (unpaired) electrons. The minimum atomic E-state index is 0.513. The summed E-state index contributed by atoms with van der Waals surface area (Å²) in [7, 11) is 1.64. The number of rotatable bonds is 4. The van der Waals surface area contributed by atoms with Gasteiger partial charge in [0.05, 0.1) is 7.11 Å². The first-order valence-corrected chi connectivity index (χ1v) is 8.65. The minimum Gasteiger partial charge on any atom is -0.497 e. The number of fused-ring (bicyclic) bond motifs is 1. The van der Waals surface area contributed by atoms with Crippen LogP contribution in [0.4, 0.5) is 10.7 Å². The summed E-state index contributed by atoms with van der Waals surface area (Å²) < 4.78 is 16.6. The lowest BCUT2D eigenvalue weighted by Gasteiger charge is -2.15. The van der Waals surface area contributed by atoms with Gasteiger partial charge in [-0.2, -0.15) is 4.99 Å². The summed E-state index contributed by atoms with van der Waals surface area (Å²) in [5.74, 6) is 2.31. The molecule has 1 aliphatic heterocycles. The van der Waals surface area contributed by atoms with Crippen molar-refractivity contribution in [1.82, 2.24) is 0 Å². The fraction of sp³-hybridized carbons (Fsp3) is 0.105. The fourth-order valence-electron chi connectivity index (χ4n) is 2.38. The van der Waals surface area contributed by atoms with Gasteiger partial charge in [0, 0.05) is 11.3 Å².